The van der Waals surface area contributed by atoms with Crippen LogP contribution >= 0.6 is 15.9 Å². The van der Waals surface area contributed by atoms with Crippen molar-refractivity contribution in [3.8, 4) is 5.75 Å². The lowest BCUT2D eigenvalue weighted by molar-refractivity contribution is -0.139. The first-order valence-corrected chi connectivity index (χ1v) is 6.82. The van der Waals surface area contributed by atoms with E-state index in [9.17, 15) is 13.2 Å². The summed E-state index contributed by atoms with van der Waals surface area (Å²) < 4.78 is 42.6. The number of benzene rings is 1. The molecule has 0 aromatic heterocycles. The number of rotatable bonds is 6. The Kier molecular flexibility index (Phi) is 6.13. The minimum absolute atomic E-state index is 0.356. The average molecular weight is 340 g/mol. The van der Waals surface area contributed by atoms with Crippen molar-refractivity contribution >= 4 is 15.9 Å². The molecule has 0 aliphatic heterocycles. The first kappa shape index (κ1) is 16.3. The van der Waals surface area contributed by atoms with Gasteiger partial charge in [-0.05, 0) is 31.2 Å². The second kappa shape index (κ2) is 7.14. The Labute approximate surface area is 119 Å². The predicted molar refractivity (Wildman–Crippen MR) is 72.4 cm³/mol. The maximum atomic E-state index is 12.1. The second-order valence-corrected chi connectivity index (χ2v) is 5.12. The van der Waals surface area contributed by atoms with Gasteiger partial charge in [0.05, 0.1) is 13.0 Å². The molecule has 0 atom stereocenters. The van der Waals surface area contributed by atoms with E-state index in [1.54, 1.807) is 0 Å². The van der Waals surface area contributed by atoms with Crippen molar-refractivity contribution in [2.75, 3.05) is 13.2 Å². The van der Waals surface area contributed by atoms with E-state index in [4.69, 9.17) is 4.74 Å². The maximum Gasteiger partial charge on any atom is 0.392 e. The Hall–Kier alpha value is -0.750. The monoisotopic (exact) mass is 339 g/mol. The molecule has 1 rings (SSSR count). The number of aryl methyl sites for hydroxylation is 1. The molecule has 0 spiro atoms. The van der Waals surface area contributed by atoms with Gasteiger partial charge in [0.2, 0.25) is 0 Å². The van der Waals surface area contributed by atoms with Crippen LogP contribution in [0.4, 0.5) is 13.2 Å². The van der Waals surface area contributed by atoms with Gasteiger partial charge in [0.15, 0.2) is 0 Å². The topological polar surface area (TPSA) is 21.3 Å². The van der Waals surface area contributed by atoms with Crippen LogP contribution in [0.5, 0.6) is 5.75 Å². The molecule has 0 aliphatic carbocycles. The van der Waals surface area contributed by atoms with E-state index in [1.165, 1.54) is 0 Å². The molecule has 1 N–H and O–H groups in total. The molecule has 2 nitrogen and oxygen atoms in total. The van der Waals surface area contributed by atoms with Crippen molar-refractivity contribution in [1.82, 2.24) is 5.32 Å². The summed E-state index contributed by atoms with van der Waals surface area (Å²) in [7, 11) is 0. The molecule has 1 aromatic carbocycles. The second-order valence-electron chi connectivity index (χ2n) is 4.20. The van der Waals surface area contributed by atoms with Crippen LogP contribution in [-0.4, -0.2) is 19.3 Å². The Morgan fingerprint density at radius 1 is 1.32 bits per heavy atom. The number of ether oxygens (including phenoxy) is 1. The molecule has 0 bridgehead atoms. The first-order chi connectivity index (χ1) is 8.83. The lowest BCUT2D eigenvalue weighted by atomic mass is 10.1. The van der Waals surface area contributed by atoms with E-state index in [0.29, 0.717) is 12.3 Å². The third kappa shape index (κ3) is 5.82. The van der Waals surface area contributed by atoms with Gasteiger partial charge in [0, 0.05) is 16.6 Å². The van der Waals surface area contributed by atoms with Crippen LogP contribution in [0.2, 0.25) is 0 Å². The summed E-state index contributed by atoms with van der Waals surface area (Å²) in [6.45, 7) is 4.79. The van der Waals surface area contributed by atoms with Gasteiger partial charge in [0.25, 0.3) is 0 Å². The van der Waals surface area contributed by atoms with Crippen molar-refractivity contribution in [1.29, 1.82) is 0 Å². The predicted octanol–water partition coefficient (Wildman–Crippen LogP) is 4.20. The van der Waals surface area contributed by atoms with Gasteiger partial charge in [-0.3, -0.25) is 0 Å². The third-order valence-corrected chi connectivity index (χ3v) is 2.97. The Bertz CT molecular complexity index is 421. The van der Waals surface area contributed by atoms with E-state index in [2.05, 4.69) is 21.2 Å². The normalized spacial score (nSPS) is 11.7. The van der Waals surface area contributed by atoms with Gasteiger partial charge >= 0.3 is 6.18 Å². The summed E-state index contributed by atoms with van der Waals surface area (Å²) in [4.78, 5) is 0. The highest BCUT2D eigenvalue weighted by Crippen LogP contribution is 2.29. The van der Waals surface area contributed by atoms with Crippen LogP contribution in [0.1, 0.15) is 24.5 Å². The zero-order valence-electron chi connectivity index (χ0n) is 10.9. The molecular formula is C13H17BrF3NO. The van der Waals surface area contributed by atoms with E-state index < -0.39 is 12.6 Å². The van der Waals surface area contributed by atoms with Gasteiger partial charge in [-0.2, -0.15) is 13.2 Å². The van der Waals surface area contributed by atoms with Crippen LogP contribution in [0, 0.1) is 6.92 Å². The van der Waals surface area contributed by atoms with Crippen LogP contribution in [0.15, 0.2) is 16.6 Å². The van der Waals surface area contributed by atoms with Crippen LogP contribution in [0.25, 0.3) is 0 Å². The maximum absolute atomic E-state index is 12.1. The Morgan fingerprint density at radius 2 is 2.00 bits per heavy atom. The standard InChI is InChI=1S/C13H17BrF3NO/c1-3-18-8-10-7-11(14)6-9(2)12(10)19-5-4-13(15,16)17/h6-7,18H,3-5,8H2,1-2H3. The molecule has 1 aromatic rings. The summed E-state index contributed by atoms with van der Waals surface area (Å²) in [5, 5.41) is 3.14. The fourth-order valence-corrected chi connectivity index (χ4v) is 2.29. The summed E-state index contributed by atoms with van der Waals surface area (Å²) in [5.41, 5.74) is 1.68. The van der Waals surface area contributed by atoms with Crippen molar-refractivity contribution in [3.05, 3.63) is 27.7 Å². The largest absolute Gasteiger partial charge is 0.493 e. The SMILES string of the molecule is CCNCc1cc(Br)cc(C)c1OCCC(F)(F)F. The molecule has 108 valence electrons. The molecule has 0 aliphatic rings. The van der Waals surface area contributed by atoms with Crippen molar-refractivity contribution in [2.45, 2.75) is 33.0 Å². The number of hydrogen-bond acceptors (Lipinski definition) is 2. The molecule has 0 amide bonds. The summed E-state index contributed by atoms with van der Waals surface area (Å²) in [5.74, 6) is 0.536. The lowest BCUT2D eigenvalue weighted by Crippen LogP contribution is -2.16. The number of alkyl halides is 3. The minimum atomic E-state index is -4.19. The molecule has 6 heteroatoms. The van der Waals surface area contributed by atoms with Crippen LogP contribution in [-0.2, 0) is 6.54 Å². The molecule has 0 fully saturated rings. The molecule has 0 saturated carbocycles. The number of nitrogens with one attached hydrogen (secondary N) is 1. The average Bonchev–Trinajstić information content (AvgIpc) is 2.27. The molecule has 19 heavy (non-hydrogen) atoms. The van der Waals surface area contributed by atoms with Gasteiger partial charge in [0.1, 0.15) is 5.75 Å². The highest BCUT2D eigenvalue weighted by atomic mass is 79.9. The van der Waals surface area contributed by atoms with E-state index in [1.807, 2.05) is 26.0 Å². The minimum Gasteiger partial charge on any atom is -0.493 e. The molecule has 0 radical (unpaired) electrons. The van der Waals surface area contributed by atoms with Gasteiger partial charge < -0.3 is 10.1 Å². The molecular weight excluding hydrogens is 323 g/mol. The zero-order valence-corrected chi connectivity index (χ0v) is 12.5. The molecule has 0 saturated heterocycles. The Balaban J connectivity index is 2.79. The lowest BCUT2D eigenvalue weighted by Gasteiger charge is -2.16. The highest BCUT2D eigenvalue weighted by Gasteiger charge is 2.27. The van der Waals surface area contributed by atoms with Crippen LogP contribution < -0.4 is 10.1 Å². The Morgan fingerprint density at radius 3 is 2.58 bits per heavy atom. The summed E-state index contributed by atoms with van der Waals surface area (Å²) in [6, 6.07) is 3.69. The van der Waals surface area contributed by atoms with E-state index in [-0.39, 0.29) is 6.61 Å². The van der Waals surface area contributed by atoms with Gasteiger partial charge in [-0.1, -0.05) is 22.9 Å². The fourth-order valence-electron chi connectivity index (χ4n) is 1.67. The summed E-state index contributed by atoms with van der Waals surface area (Å²) >= 11 is 3.38. The van der Waals surface area contributed by atoms with Crippen molar-refractivity contribution in [3.63, 3.8) is 0 Å². The number of hydrogen-bond donors (Lipinski definition) is 1. The van der Waals surface area contributed by atoms with Crippen molar-refractivity contribution in [2.24, 2.45) is 0 Å². The van der Waals surface area contributed by atoms with Crippen molar-refractivity contribution < 1.29 is 17.9 Å². The first-order valence-electron chi connectivity index (χ1n) is 6.02. The quantitative estimate of drug-likeness (QED) is 0.838. The van der Waals surface area contributed by atoms with Crippen LogP contribution in [0.3, 0.4) is 0 Å². The molecule has 0 unspecified atom stereocenters. The van der Waals surface area contributed by atoms with Gasteiger partial charge in [-0.15, -0.1) is 0 Å². The highest BCUT2D eigenvalue weighted by molar-refractivity contribution is 9.10. The summed E-state index contributed by atoms with van der Waals surface area (Å²) in [6.07, 6.45) is -5.13. The fraction of sp³-hybridized carbons (Fsp3) is 0.538. The molecule has 0 heterocycles. The van der Waals surface area contributed by atoms with E-state index >= 15 is 0 Å². The van der Waals surface area contributed by atoms with Gasteiger partial charge in [-0.25, -0.2) is 0 Å². The van der Waals surface area contributed by atoms with E-state index in [0.717, 1.165) is 22.1 Å². The third-order valence-electron chi connectivity index (χ3n) is 2.51. The smallest absolute Gasteiger partial charge is 0.392 e. The number of halogens is 4. The zero-order chi connectivity index (χ0) is 14.5.